The highest BCUT2D eigenvalue weighted by Gasteiger charge is 2.50. The Morgan fingerprint density at radius 1 is 0.929 bits per heavy atom. The van der Waals surface area contributed by atoms with Gasteiger partial charge in [-0.3, -0.25) is 9.59 Å². The van der Waals surface area contributed by atoms with Gasteiger partial charge in [0.15, 0.2) is 12.6 Å². The van der Waals surface area contributed by atoms with E-state index in [0.29, 0.717) is 0 Å². The summed E-state index contributed by atoms with van der Waals surface area (Å²) in [5.41, 5.74) is 0. The number of aliphatic hydroxyl groups excluding tert-OH is 5. The summed E-state index contributed by atoms with van der Waals surface area (Å²) < 4.78 is 16.4. The zero-order valence-corrected chi connectivity index (χ0v) is 15.8. The first-order valence-corrected chi connectivity index (χ1v) is 8.90. The van der Waals surface area contributed by atoms with Crippen molar-refractivity contribution in [1.29, 1.82) is 0 Å². The number of nitrogens with one attached hydrogen (secondary N) is 2. The van der Waals surface area contributed by atoms with Crippen LogP contribution in [0.4, 0.5) is 0 Å². The maximum absolute atomic E-state index is 11.5. The van der Waals surface area contributed by atoms with Crippen molar-refractivity contribution in [1.82, 2.24) is 10.6 Å². The fourth-order valence-electron chi connectivity index (χ4n) is 3.32. The Hall–Kier alpha value is -1.38. The van der Waals surface area contributed by atoms with Gasteiger partial charge < -0.3 is 50.4 Å². The molecule has 0 radical (unpaired) electrons. The van der Waals surface area contributed by atoms with Crippen molar-refractivity contribution >= 4 is 11.8 Å². The summed E-state index contributed by atoms with van der Waals surface area (Å²) in [6.45, 7) is 3.22. The topological polar surface area (TPSA) is 187 Å². The molecule has 0 aliphatic carbocycles. The lowest BCUT2D eigenvalue weighted by molar-refractivity contribution is -0.320. The molecule has 12 heteroatoms. The number of amides is 2. The molecule has 0 unspecified atom stereocenters. The third-order valence-corrected chi connectivity index (χ3v) is 4.74. The summed E-state index contributed by atoms with van der Waals surface area (Å²) in [5.74, 6) is -1.06. The molecule has 0 spiro atoms. The first-order valence-electron chi connectivity index (χ1n) is 8.90. The van der Waals surface area contributed by atoms with Crippen LogP contribution < -0.4 is 10.6 Å². The molecule has 10 atom stereocenters. The normalized spacial score (nSPS) is 44.0. The van der Waals surface area contributed by atoms with E-state index in [1.54, 1.807) is 0 Å². The van der Waals surface area contributed by atoms with Crippen LogP contribution in [0.2, 0.25) is 0 Å². The molecule has 2 saturated heterocycles. The average molecular weight is 408 g/mol. The lowest BCUT2D eigenvalue weighted by atomic mass is 9.95. The van der Waals surface area contributed by atoms with Crippen molar-refractivity contribution in [3.8, 4) is 0 Å². The zero-order valence-electron chi connectivity index (χ0n) is 15.8. The Kier molecular flexibility index (Phi) is 7.70. The Morgan fingerprint density at radius 2 is 1.50 bits per heavy atom. The molecule has 162 valence electrons. The number of rotatable bonds is 5. The van der Waals surface area contributed by atoms with Crippen molar-refractivity contribution < 1.29 is 49.3 Å². The monoisotopic (exact) mass is 408 g/mol. The van der Waals surface area contributed by atoms with Gasteiger partial charge in [-0.25, -0.2) is 0 Å². The minimum absolute atomic E-state index is 0.519. The van der Waals surface area contributed by atoms with Crippen molar-refractivity contribution in [3.63, 3.8) is 0 Å². The Balaban J connectivity index is 2.29. The molecule has 0 aromatic rings. The van der Waals surface area contributed by atoms with Gasteiger partial charge in [0, 0.05) is 13.8 Å². The first-order chi connectivity index (χ1) is 13.1. The van der Waals surface area contributed by atoms with Crippen LogP contribution in [0.15, 0.2) is 0 Å². The molecular formula is C16H28N2O10. The van der Waals surface area contributed by atoms with Crippen LogP contribution in [0.1, 0.15) is 20.8 Å². The van der Waals surface area contributed by atoms with Crippen LogP contribution in [0.3, 0.4) is 0 Å². The number of hydrogen-bond donors (Lipinski definition) is 7. The fraction of sp³-hybridized carbons (Fsp3) is 0.875. The van der Waals surface area contributed by atoms with Gasteiger partial charge in [-0.1, -0.05) is 0 Å². The van der Waals surface area contributed by atoms with Gasteiger partial charge in [0.25, 0.3) is 0 Å². The van der Waals surface area contributed by atoms with Gasteiger partial charge in [0.1, 0.15) is 42.6 Å². The highest BCUT2D eigenvalue weighted by Crippen LogP contribution is 2.28. The summed E-state index contributed by atoms with van der Waals surface area (Å²) in [7, 11) is 0. The largest absolute Gasteiger partial charge is 0.394 e. The minimum Gasteiger partial charge on any atom is -0.394 e. The molecule has 0 aromatic carbocycles. The summed E-state index contributed by atoms with van der Waals surface area (Å²) in [6, 6.07) is -2.42. The quantitative estimate of drug-likeness (QED) is 0.236. The molecule has 0 aromatic heterocycles. The summed E-state index contributed by atoms with van der Waals surface area (Å²) >= 11 is 0. The highest BCUT2D eigenvalue weighted by molar-refractivity contribution is 5.73. The lowest BCUT2D eigenvalue weighted by Gasteiger charge is -2.47. The van der Waals surface area contributed by atoms with E-state index in [9.17, 15) is 35.1 Å². The number of carbonyl (C=O) groups is 2. The number of carbonyl (C=O) groups excluding carboxylic acids is 2. The van der Waals surface area contributed by atoms with Crippen LogP contribution in [0.25, 0.3) is 0 Å². The van der Waals surface area contributed by atoms with Crippen LogP contribution in [0.5, 0.6) is 0 Å². The van der Waals surface area contributed by atoms with Crippen LogP contribution in [-0.2, 0) is 23.8 Å². The van der Waals surface area contributed by atoms with Gasteiger partial charge in [-0.2, -0.15) is 0 Å². The standard InChI is InChI=1S/C16H28N2O10/c1-5-11(22)14(10(15(25)26-5)18-7(3)21)28-16-9(17-6(2)20)13(24)12(23)8(4-19)27-16/h5,8-16,19,22-25H,4H2,1-3H3,(H,17,20)(H,18,21)/t5-,8+,9+,10-,11+,12-,13+,14-,15+,16+/m0/s1. The zero-order chi connectivity index (χ0) is 21.2. The van der Waals surface area contributed by atoms with Crippen molar-refractivity contribution in [3.05, 3.63) is 0 Å². The average Bonchev–Trinajstić information content (AvgIpc) is 2.61. The van der Waals surface area contributed by atoms with Gasteiger partial charge in [0.05, 0.1) is 12.7 Å². The first kappa shape index (κ1) is 22.9. The predicted octanol–water partition coefficient (Wildman–Crippen LogP) is -4.08. The van der Waals surface area contributed by atoms with Crippen molar-refractivity contribution in [2.24, 2.45) is 0 Å². The second kappa shape index (κ2) is 9.41. The molecule has 2 rings (SSSR count). The number of ether oxygens (including phenoxy) is 3. The lowest BCUT2D eigenvalue weighted by Crippen LogP contribution is -2.69. The molecule has 0 bridgehead atoms. The van der Waals surface area contributed by atoms with Gasteiger partial charge in [0.2, 0.25) is 11.8 Å². The Bertz CT molecular complexity index is 564. The SMILES string of the molecule is CC(=O)N[C@H]1[C@@H](O[C@@H]2[C@H](O)[C@H](C)O[C@@H](O)[C@H]2NC(C)=O)O[C@H](CO)[C@H](O)[C@@H]1O. The fourth-order valence-corrected chi connectivity index (χ4v) is 3.32. The van der Waals surface area contributed by atoms with E-state index in [1.807, 2.05) is 0 Å². The molecule has 28 heavy (non-hydrogen) atoms. The van der Waals surface area contributed by atoms with E-state index in [-0.39, 0.29) is 0 Å². The molecule has 7 N–H and O–H groups in total. The second-order valence-corrected chi connectivity index (χ2v) is 6.98. The molecule has 12 nitrogen and oxygen atoms in total. The third-order valence-electron chi connectivity index (χ3n) is 4.74. The summed E-state index contributed by atoms with van der Waals surface area (Å²) in [5, 5.41) is 55.2. The van der Waals surface area contributed by atoms with Gasteiger partial charge in [-0.15, -0.1) is 0 Å². The molecule has 2 heterocycles. The minimum atomic E-state index is -1.54. The van der Waals surface area contributed by atoms with Crippen LogP contribution in [0, 0.1) is 0 Å². The van der Waals surface area contributed by atoms with E-state index >= 15 is 0 Å². The Morgan fingerprint density at radius 3 is 2.04 bits per heavy atom. The molecule has 2 amide bonds. The molecule has 0 saturated carbocycles. The summed E-state index contributed by atoms with van der Waals surface area (Å²) in [6.07, 6.45) is -10.6. The van der Waals surface area contributed by atoms with Crippen molar-refractivity contribution in [2.75, 3.05) is 6.61 Å². The molecular weight excluding hydrogens is 380 g/mol. The molecule has 2 aliphatic heterocycles. The third kappa shape index (κ3) is 4.96. The van der Waals surface area contributed by atoms with Crippen molar-refractivity contribution in [2.45, 2.75) is 82.1 Å². The molecule has 2 fully saturated rings. The van der Waals surface area contributed by atoms with Gasteiger partial charge in [-0.05, 0) is 6.92 Å². The maximum atomic E-state index is 11.5. The van der Waals surface area contributed by atoms with E-state index in [4.69, 9.17) is 14.2 Å². The second-order valence-electron chi connectivity index (χ2n) is 6.98. The van der Waals surface area contributed by atoms with E-state index in [0.717, 1.165) is 0 Å². The number of aliphatic hydroxyl groups is 5. The number of hydrogen-bond acceptors (Lipinski definition) is 10. The maximum Gasteiger partial charge on any atom is 0.217 e. The Labute approximate surface area is 161 Å². The van der Waals surface area contributed by atoms with E-state index < -0.39 is 79.7 Å². The highest BCUT2D eigenvalue weighted by atomic mass is 16.7. The smallest absolute Gasteiger partial charge is 0.217 e. The van der Waals surface area contributed by atoms with Crippen LogP contribution >= 0.6 is 0 Å². The van der Waals surface area contributed by atoms with Crippen LogP contribution in [-0.4, -0.2) is 105 Å². The molecule has 2 aliphatic rings. The van der Waals surface area contributed by atoms with E-state index in [2.05, 4.69) is 10.6 Å². The van der Waals surface area contributed by atoms with Gasteiger partial charge >= 0.3 is 0 Å². The summed E-state index contributed by atoms with van der Waals surface area (Å²) in [4.78, 5) is 23.0. The van der Waals surface area contributed by atoms with E-state index in [1.165, 1.54) is 20.8 Å². The predicted molar refractivity (Wildman–Crippen MR) is 90.4 cm³/mol.